The number of hydrogen-bond acceptors (Lipinski definition) is 3. The predicted octanol–water partition coefficient (Wildman–Crippen LogP) is 2.37. The molecular weight excluding hydrogens is 326 g/mol. The highest BCUT2D eigenvalue weighted by atomic mass is 16.5. The normalized spacial score (nSPS) is 17.5. The van der Waals surface area contributed by atoms with Crippen molar-refractivity contribution in [2.75, 3.05) is 33.4 Å². The summed E-state index contributed by atoms with van der Waals surface area (Å²) in [6.07, 6.45) is 6.77. The molecule has 6 heteroatoms. The van der Waals surface area contributed by atoms with Gasteiger partial charge in [0.25, 0.3) is 0 Å². The third kappa shape index (κ3) is 5.33. The van der Waals surface area contributed by atoms with Crippen LogP contribution in [0, 0.1) is 5.92 Å². The van der Waals surface area contributed by atoms with Gasteiger partial charge in [0, 0.05) is 51.6 Å². The van der Waals surface area contributed by atoms with Crippen LogP contribution in [0.5, 0.6) is 0 Å². The summed E-state index contributed by atoms with van der Waals surface area (Å²) >= 11 is 0. The Labute approximate surface area is 155 Å². The van der Waals surface area contributed by atoms with Gasteiger partial charge in [0.1, 0.15) is 0 Å². The molecule has 0 amide bonds. The van der Waals surface area contributed by atoms with Crippen LogP contribution in [0.4, 0.5) is 0 Å². The van der Waals surface area contributed by atoms with E-state index in [1.807, 2.05) is 18.7 Å². The lowest BCUT2D eigenvalue weighted by Gasteiger charge is -2.24. The van der Waals surface area contributed by atoms with Gasteiger partial charge < -0.3 is 19.5 Å². The third-order valence-corrected chi connectivity index (χ3v) is 4.58. The maximum atomic E-state index is 5.49. The molecule has 140 valence electrons. The zero-order valence-corrected chi connectivity index (χ0v) is 15.8. The second-order valence-electron chi connectivity index (χ2n) is 6.84. The van der Waals surface area contributed by atoms with E-state index in [1.165, 1.54) is 11.1 Å². The minimum atomic E-state index is 0.599. The van der Waals surface area contributed by atoms with Crippen molar-refractivity contribution in [1.29, 1.82) is 0 Å². The number of rotatable bonds is 7. The molecule has 6 nitrogen and oxygen atoms in total. The number of guanidine groups is 1. The SMILES string of the molecule is CCNC(=NCc1cccc(Cn2ccnc2)c1)N(C)CC1CCOC1. The molecule has 1 aliphatic heterocycles. The van der Waals surface area contributed by atoms with E-state index < -0.39 is 0 Å². The van der Waals surface area contributed by atoms with E-state index >= 15 is 0 Å². The zero-order valence-electron chi connectivity index (χ0n) is 15.8. The molecule has 1 aliphatic rings. The fourth-order valence-corrected chi connectivity index (χ4v) is 3.25. The highest BCUT2D eigenvalue weighted by Crippen LogP contribution is 2.14. The molecule has 1 atom stereocenters. The molecule has 0 saturated carbocycles. The molecule has 0 radical (unpaired) electrons. The van der Waals surface area contributed by atoms with Gasteiger partial charge in [-0.15, -0.1) is 0 Å². The van der Waals surface area contributed by atoms with Gasteiger partial charge in [0.2, 0.25) is 0 Å². The summed E-state index contributed by atoms with van der Waals surface area (Å²) in [6, 6.07) is 8.60. The van der Waals surface area contributed by atoms with Crippen molar-refractivity contribution in [2.45, 2.75) is 26.4 Å². The average molecular weight is 355 g/mol. The van der Waals surface area contributed by atoms with Gasteiger partial charge in [0.05, 0.1) is 19.5 Å². The summed E-state index contributed by atoms with van der Waals surface area (Å²) in [4.78, 5) is 11.2. The van der Waals surface area contributed by atoms with E-state index in [4.69, 9.17) is 9.73 Å². The molecule has 2 aromatic rings. The van der Waals surface area contributed by atoms with Crippen LogP contribution in [0.15, 0.2) is 48.0 Å². The van der Waals surface area contributed by atoms with E-state index in [-0.39, 0.29) is 0 Å². The number of ether oxygens (including phenoxy) is 1. The molecule has 0 aliphatic carbocycles. The smallest absolute Gasteiger partial charge is 0.193 e. The van der Waals surface area contributed by atoms with Gasteiger partial charge in [0.15, 0.2) is 5.96 Å². The monoisotopic (exact) mass is 355 g/mol. The van der Waals surface area contributed by atoms with E-state index in [1.54, 1.807) is 0 Å². The summed E-state index contributed by atoms with van der Waals surface area (Å²) < 4.78 is 7.56. The first kappa shape index (κ1) is 18.5. The zero-order chi connectivity index (χ0) is 18.2. The maximum absolute atomic E-state index is 5.49. The number of nitrogens with one attached hydrogen (secondary N) is 1. The molecule has 2 heterocycles. The quantitative estimate of drug-likeness (QED) is 0.612. The van der Waals surface area contributed by atoms with Crippen LogP contribution >= 0.6 is 0 Å². The Morgan fingerprint density at radius 1 is 1.42 bits per heavy atom. The highest BCUT2D eigenvalue weighted by Gasteiger charge is 2.19. The van der Waals surface area contributed by atoms with Crippen LogP contribution in [0.2, 0.25) is 0 Å². The number of benzene rings is 1. The van der Waals surface area contributed by atoms with Gasteiger partial charge in [-0.25, -0.2) is 9.98 Å². The number of aromatic nitrogens is 2. The van der Waals surface area contributed by atoms with Crippen LogP contribution in [-0.2, 0) is 17.8 Å². The lowest BCUT2D eigenvalue weighted by molar-refractivity contribution is 0.181. The second kappa shape index (κ2) is 9.38. The average Bonchev–Trinajstić information content (AvgIpc) is 3.33. The van der Waals surface area contributed by atoms with E-state index in [9.17, 15) is 0 Å². The first-order chi connectivity index (χ1) is 12.7. The van der Waals surface area contributed by atoms with Crippen LogP contribution in [0.3, 0.4) is 0 Å². The van der Waals surface area contributed by atoms with Crippen LogP contribution < -0.4 is 5.32 Å². The van der Waals surface area contributed by atoms with Crippen LogP contribution in [0.25, 0.3) is 0 Å². The van der Waals surface area contributed by atoms with Gasteiger partial charge in [-0.1, -0.05) is 24.3 Å². The van der Waals surface area contributed by atoms with Gasteiger partial charge in [-0.05, 0) is 24.5 Å². The number of nitrogens with zero attached hydrogens (tertiary/aromatic N) is 4. The Bertz CT molecular complexity index is 692. The fraction of sp³-hybridized carbons (Fsp3) is 0.500. The first-order valence-corrected chi connectivity index (χ1v) is 9.35. The van der Waals surface area contributed by atoms with Crippen molar-refractivity contribution < 1.29 is 4.74 Å². The summed E-state index contributed by atoms with van der Waals surface area (Å²) in [7, 11) is 2.11. The molecule has 1 N–H and O–H groups in total. The van der Waals surface area contributed by atoms with Crippen molar-refractivity contribution in [3.63, 3.8) is 0 Å². The topological polar surface area (TPSA) is 54.7 Å². The van der Waals surface area contributed by atoms with Crippen LogP contribution in [-0.4, -0.2) is 53.8 Å². The van der Waals surface area contributed by atoms with E-state index in [2.05, 4.69) is 58.0 Å². The van der Waals surface area contributed by atoms with Gasteiger partial charge in [-0.2, -0.15) is 0 Å². The summed E-state index contributed by atoms with van der Waals surface area (Å²) in [5.74, 6) is 1.56. The lowest BCUT2D eigenvalue weighted by atomic mass is 10.1. The number of imidazole rings is 1. The largest absolute Gasteiger partial charge is 0.381 e. The van der Waals surface area contributed by atoms with E-state index in [0.29, 0.717) is 12.5 Å². The molecule has 1 unspecified atom stereocenters. The molecule has 1 aromatic heterocycles. The van der Waals surface area contributed by atoms with Crippen molar-refractivity contribution in [3.8, 4) is 0 Å². The first-order valence-electron chi connectivity index (χ1n) is 9.35. The minimum Gasteiger partial charge on any atom is -0.381 e. The Morgan fingerprint density at radius 3 is 3.04 bits per heavy atom. The van der Waals surface area contributed by atoms with Gasteiger partial charge in [-0.3, -0.25) is 0 Å². The predicted molar refractivity (Wildman–Crippen MR) is 104 cm³/mol. The molecule has 1 aromatic carbocycles. The number of aliphatic imine (C=N–C) groups is 1. The minimum absolute atomic E-state index is 0.599. The summed E-state index contributed by atoms with van der Waals surface area (Å²) in [5, 5.41) is 3.40. The maximum Gasteiger partial charge on any atom is 0.193 e. The Kier molecular flexibility index (Phi) is 6.66. The van der Waals surface area contributed by atoms with Crippen molar-refractivity contribution >= 4 is 5.96 Å². The molecule has 0 bridgehead atoms. The Hall–Kier alpha value is -2.34. The Morgan fingerprint density at radius 2 is 2.31 bits per heavy atom. The summed E-state index contributed by atoms with van der Waals surface area (Å²) in [6.45, 7) is 7.20. The number of hydrogen-bond donors (Lipinski definition) is 1. The highest BCUT2D eigenvalue weighted by molar-refractivity contribution is 5.79. The van der Waals surface area contributed by atoms with Crippen molar-refractivity contribution in [1.82, 2.24) is 19.8 Å². The third-order valence-electron chi connectivity index (χ3n) is 4.58. The Balaban J connectivity index is 1.62. The standard InChI is InChI=1S/C20H29N5O/c1-3-22-20(24(2)13-19-7-10-26-15-19)23-12-17-5-4-6-18(11-17)14-25-9-8-21-16-25/h4-6,8-9,11,16,19H,3,7,10,12-15H2,1-2H3,(H,22,23). The molecule has 1 saturated heterocycles. The molecular formula is C20H29N5O. The van der Waals surface area contributed by atoms with E-state index in [0.717, 1.165) is 45.2 Å². The van der Waals surface area contributed by atoms with Gasteiger partial charge >= 0.3 is 0 Å². The second-order valence-corrected chi connectivity index (χ2v) is 6.84. The molecule has 3 rings (SSSR count). The summed E-state index contributed by atoms with van der Waals surface area (Å²) in [5.41, 5.74) is 2.48. The van der Waals surface area contributed by atoms with Crippen molar-refractivity contribution in [3.05, 3.63) is 54.1 Å². The van der Waals surface area contributed by atoms with Crippen molar-refractivity contribution in [2.24, 2.45) is 10.9 Å². The molecule has 1 fully saturated rings. The molecule has 0 spiro atoms. The lowest BCUT2D eigenvalue weighted by Crippen LogP contribution is -2.41. The fourth-order valence-electron chi connectivity index (χ4n) is 3.25. The van der Waals surface area contributed by atoms with Crippen LogP contribution in [0.1, 0.15) is 24.5 Å². The molecule has 26 heavy (non-hydrogen) atoms.